The highest BCUT2D eigenvalue weighted by molar-refractivity contribution is 5.01. The maximum atomic E-state index is 5.23. The summed E-state index contributed by atoms with van der Waals surface area (Å²) in [6.07, 6.45) is 1.98. The molecule has 84 valence electrons. The van der Waals surface area contributed by atoms with Gasteiger partial charge in [0.2, 0.25) is 0 Å². The predicted molar refractivity (Wildman–Crippen MR) is 59.5 cm³/mol. The number of nitrogens with zero attached hydrogens (tertiary/aromatic N) is 2. The van der Waals surface area contributed by atoms with E-state index in [2.05, 4.69) is 22.2 Å². The molecule has 0 aliphatic carbocycles. The van der Waals surface area contributed by atoms with E-state index in [1.54, 1.807) is 13.3 Å². The number of methoxy groups -OCH3 is 1. The maximum absolute atomic E-state index is 5.23. The molecule has 0 radical (unpaired) electrons. The smallest absolute Gasteiger partial charge is 0.125 e. The Morgan fingerprint density at radius 1 is 1.47 bits per heavy atom. The SMILES string of the molecule is COC(C)C(C)NCc1ccnc(C)n1. The summed E-state index contributed by atoms with van der Waals surface area (Å²) in [6.45, 7) is 6.79. The summed E-state index contributed by atoms with van der Waals surface area (Å²) in [5.41, 5.74) is 1.01. The quantitative estimate of drug-likeness (QED) is 0.794. The number of hydrogen-bond acceptors (Lipinski definition) is 4. The minimum atomic E-state index is 0.202. The summed E-state index contributed by atoms with van der Waals surface area (Å²) >= 11 is 0. The summed E-state index contributed by atoms with van der Waals surface area (Å²) in [5, 5.41) is 3.36. The Morgan fingerprint density at radius 2 is 2.20 bits per heavy atom. The first-order chi connectivity index (χ1) is 7.13. The van der Waals surface area contributed by atoms with Crippen LogP contribution in [0.1, 0.15) is 25.4 Å². The van der Waals surface area contributed by atoms with Gasteiger partial charge in [0.1, 0.15) is 5.82 Å². The average Bonchev–Trinajstić information content (AvgIpc) is 2.25. The Morgan fingerprint density at radius 3 is 2.80 bits per heavy atom. The lowest BCUT2D eigenvalue weighted by Crippen LogP contribution is -2.36. The minimum absolute atomic E-state index is 0.202. The van der Waals surface area contributed by atoms with Gasteiger partial charge in [0, 0.05) is 25.9 Å². The first kappa shape index (κ1) is 12.1. The minimum Gasteiger partial charge on any atom is -0.380 e. The zero-order valence-corrected chi connectivity index (χ0v) is 9.82. The molecule has 1 rings (SSSR count). The van der Waals surface area contributed by atoms with E-state index in [1.807, 2.05) is 19.9 Å². The predicted octanol–water partition coefficient (Wildman–Crippen LogP) is 1.30. The first-order valence-electron chi connectivity index (χ1n) is 5.18. The number of hydrogen-bond donors (Lipinski definition) is 1. The Labute approximate surface area is 91.1 Å². The van der Waals surface area contributed by atoms with E-state index in [-0.39, 0.29) is 6.10 Å². The molecule has 0 aliphatic heterocycles. The van der Waals surface area contributed by atoms with Crippen LogP contribution in [-0.2, 0) is 11.3 Å². The maximum Gasteiger partial charge on any atom is 0.125 e. The van der Waals surface area contributed by atoms with Crippen molar-refractivity contribution < 1.29 is 4.74 Å². The summed E-state index contributed by atoms with van der Waals surface area (Å²) in [6, 6.07) is 2.23. The van der Waals surface area contributed by atoms with E-state index < -0.39 is 0 Å². The third-order valence-corrected chi connectivity index (χ3v) is 2.51. The van der Waals surface area contributed by atoms with Gasteiger partial charge in [-0.05, 0) is 26.8 Å². The zero-order valence-electron chi connectivity index (χ0n) is 9.82. The molecule has 2 unspecified atom stereocenters. The molecule has 1 aromatic heterocycles. The first-order valence-corrected chi connectivity index (χ1v) is 5.18. The van der Waals surface area contributed by atoms with E-state index in [9.17, 15) is 0 Å². The zero-order chi connectivity index (χ0) is 11.3. The number of aryl methyl sites for hydroxylation is 1. The molecule has 0 fully saturated rings. The highest BCUT2D eigenvalue weighted by Gasteiger charge is 2.10. The summed E-state index contributed by atoms with van der Waals surface area (Å²) in [5.74, 6) is 0.807. The summed E-state index contributed by atoms with van der Waals surface area (Å²) in [4.78, 5) is 8.37. The topological polar surface area (TPSA) is 47.0 Å². The van der Waals surface area contributed by atoms with Crippen molar-refractivity contribution in [3.8, 4) is 0 Å². The fraction of sp³-hybridized carbons (Fsp3) is 0.636. The van der Waals surface area contributed by atoms with Gasteiger partial charge in [0.05, 0.1) is 11.8 Å². The molecule has 0 bridgehead atoms. The lowest BCUT2D eigenvalue weighted by molar-refractivity contribution is 0.0881. The van der Waals surface area contributed by atoms with Gasteiger partial charge in [-0.1, -0.05) is 0 Å². The molecule has 1 N–H and O–H groups in total. The van der Waals surface area contributed by atoms with E-state index in [0.717, 1.165) is 18.1 Å². The van der Waals surface area contributed by atoms with Crippen LogP contribution in [0, 0.1) is 6.92 Å². The molecule has 4 nitrogen and oxygen atoms in total. The lowest BCUT2D eigenvalue weighted by Gasteiger charge is -2.19. The molecule has 15 heavy (non-hydrogen) atoms. The third-order valence-electron chi connectivity index (χ3n) is 2.51. The number of ether oxygens (including phenoxy) is 1. The standard InChI is InChI=1S/C11H19N3O/c1-8(9(2)15-4)13-7-11-5-6-12-10(3)14-11/h5-6,8-9,13H,7H2,1-4H3. The van der Waals surface area contributed by atoms with Crippen LogP contribution in [0.3, 0.4) is 0 Å². The number of rotatable bonds is 5. The molecule has 1 heterocycles. The van der Waals surface area contributed by atoms with Crippen LogP contribution in [0.2, 0.25) is 0 Å². The van der Waals surface area contributed by atoms with Crippen molar-refractivity contribution in [2.24, 2.45) is 0 Å². The van der Waals surface area contributed by atoms with Gasteiger partial charge in [-0.25, -0.2) is 9.97 Å². The van der Waals surface area contributed by atoms with Crippen LogP contribution in [0.5, 0.6) is 0 Å². The lowest BCUT2D eigenvalue weighted by atomic mass is 10.2. The van der Waals surface area contributed by atoms with Gasteiger partial charge in [-0.3, -0.25) is 0 Å². The molecule has 0 saturated carbocycles. The number of nitrogens with one attached hydrogen (secondary N) is 1. The van der Waals surface area contributed by atoms with Crippen molar-refractivity contribution in [1.29, 1.82) is 0 Å². The molecule has 4 heteroatoms. The Hall–Kier alpha value is -1.00. The molecular weight excluding hydrogens is 190 g/mol. The van der Waals surface area contributed by atoms with Crippen molar-refractivity contribution in [1.82, 2.24) is 15.3 Å². The third kappa shape index (κ3) is 3.93. The van der Waals surface area contributed by atoms with Crippen LogP contribution in [-0.4, -0.2) is 29.2 Å². The number of aromatic nitrogens is 2. The van der Waals surface area contributed by atoms with Gasteiger partial charge in [0.25, 0.3) is 0 Å². The molecule has 2 atom stereocenters. The fourth-order valence-electron chi connectivity index (χ4n) is 1.24. The molecule has 0 amide bonds. The Bertz CT molecular complexity index is 304. The van der Waals surface area contributed by atoms with Crippen LogP contribution >= 0.6 is 0 Å². The molecule has 1 aromatic rings. The second kappa shape index (κ2) is 5.78. The second-order valence-electron chi connectivity index (χ2n) is 3.71. The highest BCUT2D eigenvalue weighted by atomic mass is 16.5. The Balaban J connectivity index is 2.43. The van der Waals surface area contributed by atoms with Crippen molar-refractivity contribution in [2.75, 3.05) is 7.11 Å². The van der Waals surface area contributed by atoms with E-state index in [0.29, 0.717) is 6.04 Å². The highest BCUT2D eigenvalue weighted by Crippen LogP contribution is 1.99. The molecular formula is C11H19N3O. The van der Waals surface area contributed by atoms with Gasteiger partial charge in [0.15, 0.2) is 0 Å². The molecule has 0 aromatic carbocycles. The van der Waals surface area contributed by atoms with E-state index in [4.69, 9.17) is 4.74 Å². The van der Waals surface area contributed by atoms with E-state index >= 15 is 0 Å². The van der Waals surface area contributed by atoms with Gasteiger partial charge < -0.3 is 10.1 Å². The van der Waals surface area contributed by atoms with Crippen LogP contribution < -0.4 is 5.32 Å². The Kier molecular flexibility index (Phi) is 4.65. The second-order valence-corrected chi connectivity index (χ2v) is 3.71. The van der Waals surface area contributed by atoms with Gasteiger partial charge >= 0.3 is 0 Å². The average molecular weight is 209 g/mol. The van der Waals surface area contributed by atoms with Crippen molar-refractivity contribution in [2.45, 2.75) is 39.5 Å². The summed E-state index contributed by atoms with van der Waals surface area (Å²) < 4.78 is 5.23. The molecule has 0 saturated heterocycles. The van der Waals surface area contributed by atoms with Crippen molar-refractivity contribution in [3.63, 3.8) is 0 Å². The van der Waals surface area contributed by atoms with Gasteiger partial charge in [-0.2, -0.15) is 0 Å². The fourth-order valence-corrected chi connectivity index (χ4v) is 1.24. The molecule has 0 aliphatic rings. The van der Waals surface area contributed by atoms with Crippen LogP contribution in [0.25, 0.3) is 0 Å². The normalized spacial score (nSPS) is 14.9. The monoisotopic (exact) mass is 209 g/mol. The largest absolute Gasteiger partial charge is 0.380 e. The van der Waals surface area contributed by atoms with Crippen LogP contribution in [0.15, 0.2) is 12.3 Å². The van der Waals surface area contributed by atoms with Crippen molar-refractivity contribution >= 4 is 0 Å². The van der Waals surface area contributed by atoms with E-state index in [1.165, 1.54) is 0 Å². The van der Waals surface area contributed by atoms with Crippen molar-refractivity contribution in [3.05, 3.63) is 23.8 Å². The van der Waals surface area contributed by atoms with Gasteiger partial charge in [-0.15, -0.1) is 0 Å². The van der Waals surface area contributed by atoms with Crippen LogP contribution in [0.4, 0.5) is 0 Å². The summed E-state index contributed by atoms with van der Waals surface area (Å²) in [7, 11) is 1.72. The molecule has 0 spiro atoms.